The average molecular weight is 328 g/mol. The van der Waals surface area contributed by atoms with Crippen molar-refractivity contribution >= 4 is 0 Å². The second kappa shape index (κ2) is 6.37. The van der Waals surface area contributed by atoms with Gasteiger partial charge in [0.1, 0.15) is 5.75 Å². The van der Waals surface area contributed by atoms with Crippen LogP contribution in [0.4, 0.5) is 0 Å². The van der Waals surface area contributed by atoms with Crippen molar-refractivity contribution < 1.29 is 4.74 Å². The summed E-state index contributed by atoms with van der Waals surface area (Å²) in [6.07, 6.45) is 8.96. The normalized spacial score (nSPS) is 34.3. The van der Waals surface area contributed by atoms with E-state index in [-0.39, 0.29) is 0 Å². The Kier molecular flexibility index (Phi) is 4.36. The van der Waals surface area contributed by atoms with E-state index in [1.807, 2.05) is 0 Å². The molecule has 2 heteroatoms. The van der Waals surface area contributed by atoms with Gasteiger partial charge in [-0.05, 0) is 79.9 Å². The highest BCUT2D eigenvalue weighted by molar-refractivity contribution is 5.27. The van der Waals surface area contributed by atoms with E-state index in [9.17, 15) is 0 Å². The summed E-state index contributed by atoms with van der Waals surface area (Å²) in [4.78, 5) is 2.88. The Bertz CT molecular complexity index is 527. The van der Waals surface area contributed by atoms with Gasteiger partial charge in [-0.1, -0.05) is 26.0 Å². The lowest BCUT2D eigenvalue weighted by atomic mass is 9.52. The van der Waals surface area contributed by atoms with Gasteiger partial charge in [-0.15, -0.1) is 0 Å². The Morgan fingerprint density at radius 2 is 1.54 bits per heavy atom. The number of rotatable bonds is 6. The third-order valence-corrected chi connectivity index (χ3v) is 6.79. The molecule has 5 rings (SSSR count). The summed E-state index contributed by atoms with van der Waals surface area (Å²) in [7, 11) is 1.75. The molecule has 1 aromatic rings. The van der Waals surface area contributed by atoms with Gasteiger partial charge in [-0.2, -0.15) is 0 Å². The highest BCUT2D eigenvalue weighted by Gasteiger charge is 2.53. The van der Waals surface area contributed by atoms with Crippen LogP contribution in [0.1, 0.15) is 57.9 Å². The second-order valence-electron chi connectivity index (χ2n) is 9.26. The first kappa shape index (κ1) is 16.4. The monoisotopic (exact) mass is 327 g/mol. The van der Waals surface area contributed by atoms with Crippen molar-refractivity contribution in [3.63, 3.8) is 0 Å². The summed E-state index contributed by atoms with van der Waals surface area (Å²) in [5.74, 6) is 4.74. The van der Waals surface area contributed by atoms with Crippen molar-refractivity contribution in [2.75, 3.05) is 13.7 Å². The highest BCUT2D eigenvalue weighted by Crippen LogP contribution is 2.58. The molecular weight excluding hydrogens is 294 g/mol. The molecule has 0 heterocycles. The van der Waals surface area contributed by atoms with Crippen molar-refractivity contribution in [2.45, 2.75) is 64.5 Å². The standard InChI is InChI=1S/C22H33NO/c1-16(2)14-23(15-17-4-6-21(24-3)7-5-17)22-11-18-8-19(12-22)10-20(9-18)13-22/h4-7,16,18-20H,8-15H2,1-3H3. The Balaban J connectivity index is 1.57. The summed E-state index contributed by atoms with van der Waals surface area (Å²) in [5.41, 5.74) is 1.94. The van der Waals surface area contributed by atoms with E-state index in [0.29, 0.717) is 5.54 Å². The molecule has 24 heavy (non-hydrogen) atoms. The molecule has 4 fully saturated rings. The average Bonchev–Trinajstić information content (AvgIpc) is 2.53. The molecule has 0 unspecified atom stereocenters. The van der Waals surface area contributed by atoms with Gasteiger partial charge in [0.05, 0.1) is 7.11 Å². The maximum absolute atomic E-state index is 5.33. The van der Waals surface area contributed by atoms with Crippen LogP contribution in [0.5, 0.6) is 5.75 Å². The van der Waals surface area contributed by atoms with E-state index < -0.39 is 0 Å². The van der Waals surface area contributed by atoms with Crippen LogP contribution >= 0.6 is 0 Å². The molecule has 0 radical (unpaired) electrons. The molecule has 2 nitrogen and oxygen atoms in total. The zero-order chi connectivity index (χ0) is 16.7. The second-order valence-corrected chi connectivity index (χ2v) is 9.26. The fourth-order valence-electron chi connectivity index (χ4n) is 6.27. The topological polar surface area (TPSA) is 12.5 Å². The first-order valence-electron chi connectivity index (χ1n) is 9.94. The lowest BCUT2D eigenvalue weighted by Gasteiger charge is -2.61. The predicted octanol–water partition coefficient (Wildman–Crippen LogP) is 5.12. The molecular formula is C22H33NO. The fraction of sp³-hybridized carbons (Fsp3) is 0.727. The van der Waals surface area contributed by atoms with Crippen LogP contribution in [-0.4, -0.2) is 24.1 Å². The SMILES string of the molecule is COc1ccc(CN(CC(C)C)C23CC4CC(CC(C4)C2)C3)cc1. The van der Waals surface area contributed by atoms with Gasteiger partial charge in [-0.3, -0.25) is 4.90 Å². The lowest BCUT2D eigenvalue weighted by Crippen LogP contribution is -2.60. The van der Waals surface area contributed by atoms with Gasteiger partial charge >= 0.3 is 0 Å². The minimum atomic E-state index is 0.499. The van der Waals surface area contributed by atoms with Crippen LogP contribution in [-0.2, 0) is 6.54 Å². The molecule has 0 aromatic heterocycles. The van der Waals surface area contributed by atoms with Gasteiger partial charge in [0.2, 0.25) is 0 Å². The molecule has 4 bridgehead atoms. The predicted molar refractivity (Wildman–Crippen MR) is 99.1 cm³/mol. The molecule has 0 N–H and O–H groups in total. The molecule has 0 atom stereocenters. The molecule has 4 saturated carbocycles. The first-order valence-corrected chi connectivity index (χ1v) is 9.94. The molecule has 0 spiro atoms. The van der Waals surface area contributed by atoms with Crippen molar-refractivity contribution in [3.8, 4) is 5.75 Å². The molecule has 0 amide bonds. The van der Waals surface area contributed by atoms with Crippen molar-refractivity contribution in [1.29, 1.82) is 0 Å². The van der Waals surface area contributed by atoms with Crippen molar-refractivity contribution in [2.24, 2.45) is 23.7 Å². The minimum Gasteiger partial charge on any atom is -0.497 e. The summed E-state index contributed by atoms with van der Waals surface area (Å²) in [6, 6.07) is 8.74. The largest absolute Gasteiger partial charge is 0.497 e. The van der Waals surface area contributed by atoms with E-state index in [2.05, 4.69) is 43.0 Å². The van der Waals surface area contributed by atoms with Gasteiger partial charge in [-0.25, -0.2) is 0 Å². The molecule has 1 aromatic carbocycles. The third-order valence-electron chi connectivity index (χ3n) is 6.79. The van der Waals surface area contributed by atoms with Crippen LogP contribution in [0.3, 0.4) is 0 Å². The van der Waals surface area contributed by atoms with Gasteiger partial charge in [0, 0.05) is 18.6 Å². The van der Waals surface area contributed by atoms with Crippen LogP contribution in [0.2, 0.25) is 0 Å². The Hall–Kier alpha value is -1.02. The smallest absolute Gasteiger partial charge is 0.118 e. The maximum atomic E-state index is 5.33. The highest BCUT2D eigenvalue weighted by atomic mass is 16.5. The molecule has 0 aliphatic heterocycles. The number of hydrogen-bond donors (Lipinski definition) is 0. The van der Waals surface area contributed by atoms with Crippen molar-refractivity contribution in [1.82, 2.24) is 4.90 Å². The van der Waals surface area contributed by atoms with Gasteiger partial charge in [0.15, 0.2) is 0 Å². The number of hydrogen-bond acceptors (Lipinski definition) is 2. The lowest BCUT2D eigenvalue weighted by molar-refractivity contribution is -0.0959. The Morgan fingerprint density at radius 3 is 2.00 bits per heavy atom. The third kappa shape index (κ3) is 3.10. The van der Waals surface area contributed by atoms with Gasteiger partial charge < -0.3 is 4.74 Å². The Morgan fingerprint density at radius 1 is 1.00 bits per heavy atom. The van der Waals surface area contributed by atoms with E-state index in [1.54, 1.807) is 7.11 Å². The zero-order valence-corrected chi connectivity index (χ0v) is 15.6. The summed E-state index contributed by atoms with van der Waals surface area (Å²) >= 11 is 0. The summed E-state index contributed by atoms with van der Waals surface area (Å²) < 4.78 is 5.33. The van der Waals surface area contributed by atoms with Gasteiger partial charge in [0.25, 0.3) is 0 Å². The van der Waals surface area contributed by atoms with Crippen LogP contribution in [0, 0.1) is 23.7 Å². The minimum absolute atomic E-state index is 0.499. The fourth-order valence-corrected chi connectivity index (χ4v) is 6.27. The quantitative estimate of drug-likeness (QED) is 0.719. The maximum Gasteiger partial charge on any atom is 0.118 e. The molecule has 0 saturated heterocycles. The first-order chi connectivity index (χ1) is 11.6. The molecule has 4 aliphatic rings. The van der Waals surface area contributed by atoms with Crippen LogP contribution < -0.4 is 4.74 Å². The molecule has 4 aliphatic carbocycles. The number of benzene rings is 1. The van der Waals surface area contributed by atoms with Crippen LogP contribution in [0.25, 0.3) is 0 Å². The molecule has 132 valence electrons. The zero-order valence-electron chi connectivity index (χ0n) is 15.6. The summed E-state index contributed by atoms with van der Waals surface area (Å²) in [6.45, 7) is 7.09. The van der Waals surface area contributed by atoms with E-state index in [0.717, 1.165) is 36.0 Å². The number of ether oxygens (including phenoxy) is 1. The van der Waals surface area contributed by atoms with E-state index >= 15 is 0 Å². The Labute approximate surface area is 147 Å². The number of nitrogens with zero attached hydrogens (tertiary/aromatic N) is 1. The summed E-state index contributed by atoms with van der Waals surface area (Å²) in [5, 5.41) is 0. The number of methoxy groups -OCH3 is 1. The van der Waals surface area contributed by atoms with Crippen LogP contribution in [0.15, 0.2) is 24.3 Å². The van der Waals surface area contributed by atoms with Crippen molar-refractivity contribution in [3.05, 3.63) is 29.8 Å². The van der Waals surface area contributed by atoms with E-state index in [1.165, 1.54) is 50.6 Å². The van der Waals surface area contributed by atoms with E-state index in [4.69, 9.17) is 4.74 Å².